The first-order chi connectivity index (χ1) is 27.3. The van der Waals surface area contributed by atoms with Gasteiger partial charge >= 0.3 is 0 Å². The molecule has 55 heavy (non-hydrogen) atoms. The molecule has 9 aromatic rings. The fourth-order valence-electron chi connectivity index (χ4n) is 10.6. The number of hydrogen-bond acceptors (Lipinski definition) is 1. The molecule has 1 atom stereocenters. The first-order valence-corrected chi connectivity index (χ1v) is 19.2. The van der Waals surface area contributed by atoms with Crippen molar-refractivity contribution in [1.82, 2.24) is 0 Å². The van der Waals surface area contributed by atoms with E-state index in [9.17, 15) is 0 Å². The van der Waals surface area contributed by atoms with Gasteiger partial charge in [0.25, 0.3) is 0 Å². The Hall–Kier alpha value is -6.96. The SMILES string of the molecule is c1ccc(C2(c3ccccc3)c3ccccc3Oc3c(-c4cccc5c4-c4ccccc4C54c5ccccc5-c5c4ccc4ccccc54)cccc32)cc1. The standard InChI is InChI=1S/C54H34O/c1-3-18-36(19-4-1)53(37-20-5-2-6-21-37)45-29-13-14-32-49(45)55-52-40(26-16-31-48(52)53)39-25-15-30-46-51(39)42-24-10-12-28-44(42)54(46)43-27-11-9-23-41(43)50-38-22-8-7-17-35(38)33-34-47(50)54/h1-34H. The van der Waals surface area contributed by atoms with Gasteiger partial charge in [0.15, 0.2) is 0 Å². The van der Waals surface area contributed by atoms with Crippen molar-refractivity contribution in [3.63, 3.8) is 0 Å². The van der Waals surface area contributed by atoms with Gasteiger partial charge in [-0.3, -0.25) is 0 Å². The van der Waals surface area contributed by atoms with Crippen LogP contribution in [0.3, 0.4) is 0 Å². The quantitative estimate of drug-likeness (QED) is 0.178. The Bertz CT molecular complexity index is 2970. The molecule has 0 bridgehead atoms. The number of hydrogen-bond donors (Lipinski definition) is 0. The minimum absolute atomic E-state index is 0.460. The topological polar surface area (TPSA) is 9.23 Å². The smallest absolute Gasteiger partial charge is 0.140 e. The second kappa shape index (κ2) is 11.3. The van der Waals surface area contributed by atoms with Crippen LogP contribution < -0.4 is 4.74 Å². The predicted octanol–water partition coefficient (Wildman–Crippen LogP) is 13.3. The van der Waals surface area contributed by atoms with Gasteiger partial charge in [-0.2, -0.15) is 0 Å². The molecule has 0 saturated heterocycles. The summed E-state index contributed by atoms with van der Waals surface area (Å²) in [6.07, 6.45) is 0. The average molecular weight is 699 g/mol. The third-order valence-corrected chi connectivity index (χ3v) is 12.6. The van der Waals surface area contributed by atoms with Crippen LogP contribution in [0.5, 0.6) is 11.5 Å². The van der Waals surface area contributed by atoms with E-state index in [1.807, 2.05) is 0 Å². The van der Waals surface area contributed by atoms with E-state index >= 15 is 0 Å². The van der Waals surface area contributed by atoms with E-state index in [1.165, 1.54) is 72.0 Å². The molecule has 1 nitrogen and oxygen atoms in total. The molecule has 0 fully saturated rings. The second-order valence-corrected chi connectivity index (χ2v) is 15.0. The molecule has 1 heterocycles. The summed E-state index contributed by atoms with van der Waals surface area (Å²) in [5.74, 6) is 1.78. The Morgan fingerprint density at radius 3 is 1.53 bits per heavy atom. The summed E-state index contributed by atoms with van der Waals surface area (Å²) in [6, 6.07) is 76.0. The number of benzene rings is 9. The molecule has 0 saturated carbocycles. The van der Waals surface area contributed by atoms with Crippen LogP contribution in [0, 0.1) is 0 Å². The van der Waals surface area contributed by atoms with Crippen molar-refractivity contribution in [1.29, 1.82) is 0 Å². The van der Waals surface area contributed by atoms with Crippen LogP contribution in [0.1, 0.15) is 44.5 Å². The molecule has 3 aliphatic rings. The fraction of sp³-hybridized carbons (Fsp3) is 0.0370. The third kappa shape index (κ3) is 3.82. The lowest BCUT2D eigenvalue weighted by Gasteiger charge is -2.42. The normalized spacial score (nSPS) is 16.4. The molecule has 1 spiro atoms. The molecule has 256 valence electrons. The molecule has 1 heteroatoms. The first kappa shape index (κ1) is 30.5. The Morgan fingerprint density at radius 2 is 0.800 bits per heavy atom. The van der Waals surface area contributed by atoms with Gasteiger partial charge in [-0.05, 0) is 78.0 Å². The van der Waals surface area contributed by atoms with Crippen LogP contribution in [0.15, 0.2) is 206 Å². The van der Waals surface area contributed by atoms with Gasteiger partial charge in [0.2, 0.25) is 0 Å². The van der Waals surface area contributed by atoms with Crippen LogP contribution >= 0.6 is 0 Å². The maximum absolute atomic E-state index is 7.19. The van der Waals surface area contributed by atoms with Crippen LogP contribution in [-0.4, -0.2) is 0 Å². The molecular formula is C54H34O. The highest BCUT2D eigenvalue weighted by Crippen LogP contribution is 2.66. The van der Waals surface area contributed by atoms with Crippen LogP contribution in [0.2, 0.25) is 0 Å². The van der Waals surface area contributed by atoms with Crippen LogP contribution in [-0.2, 0) is 10.8 Å². The molecule has 1 unspecified atom stereocenters. The largest absolute Gasteiger partial charge is 0.456 e. The summed E-state index contributed by atoms with van der Waals surface area (Å²) in [5.41, 5.74) is 16.5. The van der Waals surface area contributed by atoms with Crippen LogP contribution in [0.4, 0.5) is 0 Å². The predicted molar refractivity (Wildman–Crippen MR) is 224 cm³/mol. The van der Waals surface area contributed by atoms with Crippen molar-refractivity contribution in [2.75, 3.05) is 0 Å². The van der Waals surface area contributed by atoms with E-state index in [1.54, 1.807) is 0 Å². The van der Waals surface area contributed by atoms with Crippen molar-refractivity contribution in [2.45, 2.75) is 10.8 Å². The summed E-state index contributed by atoms with van der Waals surface area (Å²) in [5, 5.41) is 2.57. The van der Waals surface area contributed by atoms with Crippen molar-refractivity contribution >= 4 is 10.8 Å². The van der Waals surface area contributed by atoms with Gasteiger partial charge in [-0.25, -0.2) is 0 Å². The van der Waals surface area contributed by atoms with E-state index in [2.05, 4.69) is 206 Å². The Kier molecular flexibility index (Phi) is 6.25. The molecule has 2 aliphatic carbocycles. The third-order valence-electron chi connectivity index (χ3n) is 12.6. The summed E-state index contributed by atoms with van der Waals surface area (Å²) < 4.78 is 7.19. The number of para-hydroxylation sites is 2. The zero-order valence-corrected chi connectivity index (χ0v) is 30.0. The first-order valence-electron chi connectivity index (χ1n) is 19.2. The molecule has 12 rings (SSSR count). The van der Waals surface area contributed by atoms with Gasteiger partial charge < -0.3 is 4.74 Å². The van der Waals surface area contributed by atoms with E-state index in [0.717, 1.165) is 28.2 Å². The van der Waals surface area contributed by atoms with E-state index in [4.69, 9.17) is 4.74 Å². The van der Waals surface area contributed by atoms with Crippen molar-refractivity contribution in [2.24, 2.45) is 0 Å². The van der Waals surface area contributed by atoms with Crippen molar-refractivity contribution in [3.05, 3.63) is 251 Å². The van der Waals surface area contributed by atoms with E-state index in [0.29, 0.717) is 0 Å². The second-order valence-electron chi connectivity index (χ2n) is 15.0. The molecular weight excluding hydrogens is 665 g/mol. The van der Waals surface area contributed by atoms with Gasteiger partial charge in [-0.1, -0.05) is 200 Å². The zero-order valence-electron chi connectivity index (χ0n) is 30.0. The molecule has 0 amide bonds. The molecule has 9 aromatic carbocycles. The van der Waals surface area contributed by atoms with Crippen LogP contribution in [0.25, 0.3) is 44.2 Å². The molecule has 0 N–H and O–H groups in total. The highest BCUT2D eigenvalue weighted by atomic mass is 16.5. The minimum Gasteiger partial charge on any atom is -0.456 e. The zero-order chi connectivity index (χ0) is 36.1. The number of ether oxygens (including phenoxy) is 1. The highest BCUT2D eigenvalue weighted by Gasteiger charge is 2.53. The lowest BCUT2D eigenvalue weighted by Crippen LogP contribution is -2.34. The summed E-state index contributed by atoms with van der Waals surface area (Å²) in [6.45, 7) is 0. The maximum Gasteiger partial charge on any atom is 0.140 e. The van der Waals surface area contributed by atoms with Crippen molar-refractivity contribution in [3.8, 4) is 44.9 Å². The molecule has 0 radical (unpaired) electrons. The monoisotopic (exact) mass is 698 g/mol. The maximum atomic E-state index is 7.19. The fourth-order valence-corrected chi connectivity index (χ4v) is 10.6. The average Bonchev–Trinajstić information content (AvgIpc) is 3.74. The van der Waals surface area contributed by atoms with Gasteiger partial charge in [0.1, 0.15) is 11.5 Å². The van der Waals surface area contributed by atoms with E-state index < -0.39 is 10.8 Å². The van der Waals surface area contributed by atoms with Gasteiger partial charge in [0, 0.05) is 16.7 Å². The Morgan fingerprint density at radius 1 is 0.291 bits per heavy atom. The summed E-state index contributed by atoms with van der Waals surface area (Å²) in [4.78, 5) is 0. The summed E-state index contributed by atoms with van der Waals surface area (Å²) in [7, 11) is 0. The minimum atomic E-state index is -0.593. The lowest BCUT2D eigenvalue weighted by molar-refractivity contribution is 0.436. The Labute approximate surface area is 320 Å². The Balaban J connectivity index is 1.18. The molecule has 1 aliphatic heterocycles. The van der Waals surface area contributed by atoms with Crippen molar-refractivity contribution < 1.29 is 4.74 Å². The molecule has 0 aromatic heterocycles. The lowest BCUT2D eigenvalue weighted by atomic mass is 9.63. The van der Waals surface area contributed by atoms with Gasteiger partial charge in [0.05, 0.1) is 10.8 Å². The number of fused-ring (bicyclic) bond motifs is 14. The van der Waals surface area contributed by atoms with Gasteiger partial charge in [-0.15, -0.1) is 0 Å². The number of rotatable bonds is 3. The highest BCUT2D eigenvalue weighted by molar-refractivity contribution is 6.07. The van der Waals surface area contributed by atoms with E-state index in [-0.39, 0.29) is 0 Å². The summed E-state index contributed by atoms with van der Waals surface area (Å²) >= 11 is 0.